The molecule has 2 N–H and O–H groups in total. The van der Waals surface area contributed by atoms with Crippen LogP contribution in [-0.2, 0) is 9.59 Å². The van der Waals surface area contributed by atoms with E-state index in [9.17, 15) is 9.59 Å². The molecule has 2 amide bonds. The highest BCUT2D eigenvalue weighted by Crippen LogP contribution is 2.30. The fraction of sp³-hybridized carbons (Fsp3) is 0.400. The van der Waals surface area contributed by atoms with Crippen LogP contribution in [0, 0.1) is 5.92 Å². The van der Waals surface area contributed by atoms with Crippen LogP contribution in [-0.4, -0.2) is 17.5 Å². The number of carbonyl (C=O) groups is 2. The number of anilines is 1. The van der Waals surface area contributed by atoms with Crippen molar-refractivity contribution in [1.82, 2.24) is 5.43 Å². The van der Waals surface area contributed by atoms with Crippen LogP contribution in [0.4, 0.5) is 5.69 Å². The molecule has 1 aromatic rings. The Morgan fingerprint density at radius 1 is 1.24 bits per heavy atom. The number of rotatable bonds is 6. The summed E-state index contributed by atoms with van der Waals surface area (Å²) in [7, 11) is 0. The summed E-state index contributed by atoms with van der Waals surface area (Å²) in [5.41, 5.74) is 3.97. The average Bonchev–Trinajstić information content (AvgIpc) is 3.29. The fourth-order valence-electron chi connectivity index (χ4n) is 1.80. The van der Waals surface area contributed by atoms with Crippen LogP contribution >= 0.6 is 11.6 Å². The highest BCUT2D eigenvalue weighted by molar-refractivity contribution is 6.33. The van der Waals surface area contributed by atoms with E-state index in [0.717, 1.165) is 18.6 Å². The average molecular weight is 308 g/mol. The predicted molar refractivity (Wildman–Crippen MR) is 83.3 cm³/mol. The number of hydrogen-bond acceptors (Lipinski definition) is 3. The molecule has 0 saturated heterocycles. The number of hydrazone groups is 1. The van der Waals surface area contributed by atoms with E-state index in [-0.39, 0.29) is 24.7 Å². The van der Waals surface area contributed by atoms with Crippen molar-refractivity contribution >= 4 is 34.8 Å². The number of nitrogens with one attached hydrogen (secondary N) is 2. The molecule has 5 nitrogen and oxygen atoms in total. The van der Waals surface area contributed by atoms with Crippen molar-refractivity contribution < 1.29 is 9.59 Å². The van der Waals surface area contributed by atoms with Crippen LogP contribution in [0.2, 0.25) is 5.02 Å². The van der Waals surface area contributed by atoms with E-state index < -0.39 is 0 Å². The molecule has 1 fully saturated rings. The van der Waals surface area contributed by atoms with Gasteiger partial charge in [-0.05, 0) is 37.8 Å². The number of nitrogens with zero attached hydrogens (tertiary/aromatic N) is 1. The van der Waals surface area contributed by atoms with Crippen molar-refractivity contribution in [2.45, 2.75) is 32.6 Å². The van der Waals surface area contributed by atoms with Gasteiger partial charge in [0.05, 0.1) is 10.7 Å². The van der Waals surface area contributed by atoms with Crippen molar-refractivity contribution in [2.24, 2.45) is 11.0 Å². The molecule has 0 atom stereocenters. The van der Waals surface area contributed by atoms with Gasteiger partial charge in [0.15, 0.2) is 0 Å². The van der Waals surface area contributed by atoms with Crippen LogP contribution < -0.4 is 10.7 Å². The van der Waals surface area contributed by atoms with Gasteiger partial charge in [0, 0.05) is 18.6 Å². The van der Waals surface area contributed by atoms with E-state index >= 15 is 0 Å². The predicted octanol–water partition coefficient (Wildman–Crippen LogP) is 2.96. The molecule has 0 bridgehead atoms. The second-order valence-corrected chi connectivity index (χ2v) is 5.50. The molecule has 2 rings (SSSR count). The van der Waals surface area contributed by atoms with Gasteiger partial charge in [0.25, 0.3) is 0 Å². The summed E-state index contributed by atoms with van der Waals surface area (Å²) in [5, 5.41) is 7.17. The third-order valence-corrected chi connectivity index (χ3v) is 3.58. The van der Waals surface area contributed by atoms with Gasteiger partial charge in [-0.2, -0.15) is 5.10 Å². The number of hydrogen-bond donors (Lipinski definition) is 2. The maximum absolute atomic E-state index is 11.7. The van der Waals surface area contributed by atoms with Gasteiger partial charge in [-0.3, -0.25) is 9.59 Å². The molecule has 0 aromatic heterocycles. The number of benzene rings is 1. The van der Waals surface area contributed by atoms with E-state index in [1.54, 1.807) is 24.3 Å². The van der Waals surface area contributed by atoms with Crippen molar-refractivity contribution in [3.8, 4) is 0 Å². The van der Waals surface area contributed by atoms with Crippen molar-refractivity contribution in [1.29, 1.82) is 0 Å². The lowest BCUT2D eigenvalue weighted by Gasteiger charge is -2.06. The molecular formula is C15H18ClN3O2. The first kappa shape index (κ1) is 15.5. The first-order valence-electron chi connectivity index (χ1n) is 6.93. The largest absolute Gasteiger partial charge is 0.325 e. The van der Waals surface area contributed by atoms with Crippen LogP contribution in [0.3, 0.4) is 0 Å². The molecule has 112 valence electrons. The Morgan fingerprint density at radius 3 is 2.57 bits per heavy atom. The molecular weight excluding hydrogens is 290 g/mol. The fourth-order valence-corrected chi connectivity index (χ4v) is 1.98. The third kappa shape index (κ3) is 5.19. The summed E-state index contributed by atoms with van der Waals surface area (Å²) in [4.78, 5) is 23.3. The van der Waals surface area contributed by atoms with E-state index in [4.69, 9.17) is 11.6 Å². The van der Waals surface area contributed by atoms with Crippen molar-refractivity contribution in [2.75, 3.05) is 5.32 Å². The van der Waals surface area contributed by atoms with E-state index in [1.165, 1.54) is 0 Å². The maximum Gasteiger partial charge on any atom is 0.240 e. The summed E-state index contributed by atoms with van der Waals surface area (Å²) >= 11 is 5.94. The molecule has 21 heavy (non-hydrogen) atoms. The minimum Gasteiger partial charge on any atom is -0.325 e. The molecule has 0 radical (unpaired) electrons. The minimum atomic E-state index is -0.260. The van der Waals surface area contributed by atoms with Crippen LogP contribution in [0.25, 0.3) is 0 Å². The number of halogens is 1. The Labute approximate surface area is 128 Å². The van der Waals surface area contributed by atoms with Gasteiger partial charge in [-0.1, -0.05) is 23.7 Å². The number of carbonyl (C=O) groups excluding carboxylic acids is 2. The third-order valence-electron chi connectivity index (χ3n) is 3.25. The Bertz CT molecular complexity index is 568. The van der Waals surface area contributed by atoms with Crippen molar-refractivity contribution in [3.05, 3.63) is 29.3 Å². The minimum absolute atomic E-state index is 0.0923. The van der Waals surface area contributed by atoms with Gasteiger partial charge in [0.1, 0.15) is 0 Å². The zero-order chi connectivity index (χ0) is 15.2. The lowest BCUT2D eigenvalue weighted by Crippen LogP contribution is -2.22. The topological polar surface area (TPSA) is 70.6 Å². The molecule has 0 spiro atoms. The van der Waals surface area contributed by atoms with E-state index in [2.05, 4.69) is 15.8 Å². The standard InChI is InChI=1S/C15H18ClN3O2/c1-10(11-6-7-11)18-19-15(21)9-8-14(20)17-13-5-3-2-4-12(13)16/h2-5,11H,6-9H2,1H3,(H,17,20)(H,19,21)/b18-10+. The van der Waals surface area contributed by atoms with Gasteiger partial charge >= 0.3 is 0 Å². The Balaban J connectivity index is 1.72. The molecule has 1 saturated carbocycles. The summed E-state index contributed by atoms with van der Waals surface area (Å²) in [5.74, 6) is 0.0132. The lowest BCUT2D eigenvalue weighted by atomic mass is 10.2. The van der Waals surface area contributed by atoms with Gasteiger partial charge in [0.2, 0.25) is 11.8 Å². The zero-order valence-electron chi connectivity index (χ0n) is 11.9. The molecule has 0 unspecified atom stereocenters. The molecule has 0 heterocycles. The van der Waals surface area contributed by atoms with Gasteiger partial charge in [-0.15, -0.1) is 0 Å². The molecule has 1 aliphatic rings. The Morgan fingerprint density at radius 2 is 1.90 bits per heavy atom. The summed E-state index contributed by atoms with van der Waals surface area (Å²) in [6.45, 7) is 1.90. The van der Waals surface area contributed by atoms with Gasteiger partial charge < -0.3 is 5.32 Å². The zero-order valence-corrected chi connectivity index (χ0v) is 12.6. The van der Waals surface area contributed by atoms with Crippen LogP contribution in [0.5, 0.6) is 0 Å². The normalized spacial score (nSPS) is 14.7. The second kappa shape index (κ2) is 7.22. The first-order valence-corrected chi connectivity index (χ1v) is 7.31. The smallest absolute Gasteiger partial charge is 0.240 e. The highest BCUT2D eigenvalue weighted by atomic mass is 35.5. The summed E-state index contributed by atoms with van der Waals surface area (Å²) < 4.78 is 0. The summed E-state index contributed by atoms with van der Waals surface area (Å²) in [6.07, 6.45) is 2.48. The second-order valence-electron chi connectivity index (χ2n) is 5.09. The molecule has 0 aliphatic heterocycles. The lowest BCUT2D eigenvalue weighted by molar-refractivity contribution is -0.124. The molecule has 1 aromatic carbocycles. The molecule has 1 aliphatic carbocycles. The Hall–Kier alpha value is -1.88. The van der Waals surface area contributed by atoms with Gasteiger partial charge in [-0.25, -0.2) is 5.43 Å². The van der Waals surface area contributed by atoms with Crippen LogP contribution in [0.15, 0.2) is 29.4 Å². The highest BCUT2D eigenvalue weighted by Gasteiger charge is 2.24. The van der Waals surface area contributed by atoms with Crippen molar-refractivity contribution in [3.63, 3.8) is 0 Å². The summed E-state index contributed by atoms with van der Waals surface area (Å²) in [6, 6.07) is 6.97. The number of amides is 2. The maximum atomic E-state index is 11.7. The quantitative estimate of drug-likeness (QED) is 0.626. The Kier molecular flexibility index (Phi) is 5.33. The SMILES string of the molecule is C/C(=N\NC(=O)CCC(=O)Nc1ccccc1Cl)C1CC1. The number of para-hydroxylation sites is 1. The van der Waals surface area contributed by atoms with E-state index in [1.807, 2.05) is 6.92 Å². The monoisotopic (exact) mass is 307 g/mol. The van der Waals surface area contributed by atoms with Crippen LogP contribution in [0.1, 0.15) is 32.6 Å². The first-order chi connectivity index (χ1) is 10.1. The molecule has 6 heteroatoms. The van der Waals surface area contributed by atoms with E-state index in [0.29, 0.717) is 16.6 Å².